The number of para-hydroxylation sites is 1. The molecule has 0 saturated carbocycles. The molecule has 0 heterocycles. The molecular formula is C15H15FO2. The molecule has 94 valence electrons. The van der Waals surface area contributed by atoms with Crippen LogP contribution in [0.5, 0.6) is 5.75 Å². The molecule has 2 aromatic carbocycles. The molecule has 0 radical (unpaired) electrons. The van der Waals surface area contributed by atoms with Gasteiger partial charge in [-0.15, -0.1) is 0 Å². The maximum atomic E-state index is 13.0. The van der Waals surface area contributed by atoms with E-state index >= 15 is 0 Å². The summed E-state index contributed by atoms with van der Waals surface area (Å²) in [6, 6.07) is 15.4. The molecule has 0 aliphatic rings. The van der Waals surface area contributed by atoms with Gasteiger partial charge in [0.25, 0.3) is 0 Å². The predicted molar refractivity (Wildman–Crippen MR) is 67.9 cm³/mol. The monoisotopic (exact) mass is 246 g/mol. The molecular weight excluding hydrogens is 231 g/mol. The van der Waals surface area contributed by atoms with Crippen LogP contribution in [0.15, 0.2) is 54.6 Å². The number of halogens is 1. The lowest BCUT2D eigenvalue weighted by Crippen LogP contribution is -2.05. The molecule has 0 aromatic heterocycles. The van der Waals surface area contributed by atoms with E-state index in [1.54, 1.807) is 12.1 Å². The first-order valence-electron chi connectivity index (χ1n) is 5.87. The zero-order chi connectivity index (χ0) is 12.8. The molecule has 0 saturated heterocycles. The van der Waals surface area contributed by atoms with Gasteiger partial charge in [-0.3, -0.25) is 0 Å². The van der Waals surface area contributed by atoms with Crippen LogP contribution < -0.4 is 4.74 Å². The zero-order valence-corrected chi connectivity index (χ0v) is 9.92. The second-order valence-electron chi connectivity index (χ2n) is 4.02. The van der Waals surface area contributed by atoms with E-state index in [0.29, 0.717) is 18.6 Å². The lowest BCUT2D eigenvalue weighted by atomic mass is 10.1. The van der Waals surface area contributed by atoms with E-state index < -0.39 is 6.10 Å². The van der Waals surface area contributed by atoms with Crippen LogP contribution in [0.2, 0.25) is 0 Å². The molecule has 0 fully saturated rings. The van der Waals surface area contributed by atoms with Gasteiger partial charge in [-0.2, -0.15) is 0 Å². The van der Waals surface area contributed by atoms with Gasteiger partial charge in [-0.25, -0.2) is 4.39 Å². The highest BCUT2D eigenvalue weighted by molar-refractivity contribution is 5.21. The number of hydrogen-bond donors (Lipinski definition) is 1. The van der Waals surface area contributed by atoms with Crippen LogP contribution in [-0.2, 0) is 0 Å². The van der Waals surface area contributed by atoms with Gasteiger partial charge in [0.2, 0.25) is 0 Å². The van der Waals surface area contributed by atoms with E-state index in [9.17, 15) is 9.50 Å². The van der Waals surface area contributed by atoms with Crippen molar-refractivity contribution >= 4 is 0 Å². The van der Waals surface area contributed by atoms with E-state index in [-0.39, 0.29) is 5.82 Å². The Hall–Kier alpha value is -1.87. The van der Waals surface area contributed by atoms with Gasteiger partial charge in [0.15, 0.2) is 0 Å². The highest BCUT2D eigenvalue weighted by Gasteiger charge is 2.08. The Morgan fingerprint density at radius 1 is 1.06 bits per heavy atom. The van der Waals surface area contributed by atoms with Crippen LogP contribution in [0.25, 0.3) is 0 Å². The summed E-state index contributed by atoms with van der Waals surface area (Å²) in [4.78, 5) is 0. The first-order valence-corrected chi connectivity index (χ1v) is 5.87. The van der Waals surface area contributed by atoms with Gasteiger partial charge >= 0.3 is 0 Å². The summed E-state index contributed by atoms with van der Waals surface area (Å²) in [5, 5.41) is 9.88. The van der Waals surface area contributed by atoms with Crippen LogP contribution in [0.3, 0.4) is 0 Å². The summed E-state index contributed by atoms with van der Waals surface area (Å²) in [5.41, 5.74) is 0.576. The van der Waals surface area contributed by atoms with Crippen molar-refractivity contribution in [2.45, 2.75) is 12.5 Å². The molecule has 2 nitrogen and oxygen atoms in total. The first kappa shape index (κ1) is 12.6. The average molecular weight is 246 g/mol. The maximum absolute atomic E-state index is 13.0. The van der Waals surface area contributed by atoms with Gasteiger partial charge in [-0.05, 0) is 29.8 Å². The lowest BCUT2D eigenvalue weighted by Gasteiger charge is -2.12. The second-order valence-corrected chi connectivity index (χ2v) is 4.02. The van der Waals surface area contributed by atoms with Crippen LogP contribution >= 0.6 is 0 Å². The number of aliphatic hydroxyl groups is 1. The molecule has 0 aliphatic heterocycles. The van der Waals surface area contributed by atoms with Crippen molar-refractivity contribution in [1.29, 1.82) is 0 Å². The molecule has 3 heteroatoms. The molecule has 2 rings (SSSR count). The number of benzene rings is 2. The molecule has 1 atom stereocenters. The minimum atomic E-state index is -0.704. The van der Waals surface area contributed by atoms with Gasteiger partial charge in [0, 0.05) is 6.42 Å². The maximum Gasteiger partial charge on any atom is 0.123 e. The Kier molecular flexibility index (Phi) is 4.31. The lowest BCUT2D eigenvalue weighted by molar-refractivity contribution is 0.140. The smallest absolute Gasteiger partial charge is 0.123 e. The highest BCUT2D eigenvalue weighted by Crippen LogP contribution is 2.18. The third-order valence-electron chi connectivity index (χ3n) is 2.64. The number of hydrogen-bond acceptors (Lipinski definition) is 2. The normalized spacial score (nSPS) is 12.1. The van der Waals surface area contributed by atoms with Gasteiger partial charge in [0.1, 0.15) is 11.6 Å². The van der Waals surface area contributed by atoms with Gasteiger partial charge in [0.05, 0.1) is 12.7 Å². The predicted octanol–water partition coefficient (Wildman–Crippen LogP) is 3.33. The van der Waals surface area contributed by atoms with Crippen molar-refractivity contribution in [3.05, 3.63) is 66.0 Å². The Labute approximate surface area is 106 Å². The van der Waals surface area contributed by atoms with Gasteiger partial charge < -0.3 is 9.84 Å². The fraction of sp³-hybridized carbons (Fsp3) is 0.200. The fourth-order valence-electron chi connectivity index (χ4n) is 1.69. The zero-order valence-electron chi connectivity index (χ0n) is 9.92. The van der Waals surface area contributed by atoms with Crippen LogP contribution in [0.4, 0.5) is 4.39 Å². The average Bonchev–Trinajstić information content (AvgIpc) is 2.40. The summed E-state index contributed by atoms with van der Waals surface area (Å²) in [6.45, 7) is 0.391. The first-order chi connectivity index (χ1) is 8.75. The minimum Gasteiger partial charge on any atom is -0.493 e. The molecule has 18 heavy (non-hydrogen) atoms. The van der Waals surface area contributed by atoms with Crippen LogP contribution in [0.1, 0.15) is 18.1 Å². The summed E-state index contributed by atoms with van der Waals surface area (Å²) in [6.07, 6.45) is -0.275. The second kappa shape index (κ2) is 6.17. The topological polar surface area (TPSA) is 29.5 Å². The molecule has 1 N–H and O–H groups in total. The van der Waals surface area contributed by atoms with E-state index in [0.717, 1.165) is 5.75 Å². The molecule has 0 bridgehead atoms. The van der Waals surface area contributed by atoms with E-state index in [4.69, 9.17) is 4.74 Å². The van der Waals surface area contributed by atoms with Crippen molar-refractivity contribution in [1.82, 2.24) is 0 Å². The number of ether oxygens (including phenoxy) is 1. The SMILES string of the molecule is OC(CCOc1ccccc1)c1cccc(F)c1. The van der Waals surface area contributed by atoms with E-state index in [2.05, 4.69) is 0 Å². The standard InChI is InChI=1S/C15H15FO2/c16-13-6-4-5-12(11-13)15(17)9-10-18-14-7-2-1-3-8-14/h1-8,11,15,17H,9-10H2. The third kappa shape index (κ3) is 3.57. The summed E-state index contributed by atoms with van der Waals surface area (Å²) in [5.74, 6) is 0.430. The molecule has 0 amide bonds. The minimum absolute atomic E-state index is 0.337. The fourth-order valence-corrected chi connectivity index (χ4v) is 1.69. The summed E-state index contributed by atoms with van der Waals surface area (Å²) in [7, 11) is 0. The third-order valence-corrected chi connectivity index (χ3v) is 2.64. The van der Waals surface area contributed by atoms with Crippen molar-refractivity contribution < 1.29 is 14.2 Å². The van der Waals surface area contributed by atoms with E-state index in [1.165, 1.54) is 12.1 Å². The Bertz CT molecular complexity index is 485. The summed E-state index contributed by atoms with van der Waals surface area (Å²) < 4.78 is 18.4. The highest BCUT2D eigenvalue weighted by atomic mass is 19.1. The molecule has 0 aliphatic carbocycles. The molecule has 2 aromatic rings. The van der Waals surface area contributed by atoms with Crippen LogP contribution in [-0.4, -0.2) is 11.7 Å². The summed E-state index contributed by atoms with van der Waals surface area (Å²) >= 11 is 0. The number of rotatable bonds is 5. The van der Waals surface area contributed by atoms with Crippen molar-refractivity contribution in [2.24, 2.45) is 0 Å². The Morgan fingerprint density at radius 3 is 2.56 bits per heavy atom. The van der Waals surface area contributed by atoms with Crippen molar-refractivity contribution in [3.8, 4) is 5.75 Å². The van der Waals surface area contributed by atoms with Crippen LogP contribution in [0, 0.1) is 5.82 Å². The Balaban J connectivity index is 1.83. The molecule has 0 spiro atoms. The van der Waals surface area contributed by atoms with Crippen molar-refractivity contribution in [3.63, 3.8) is 0 Å². The Morgan fingerprint density at radius 2 is 1.83 bits per heavy atom. The number of aliphatic hydroxyl groups excluding tert-OH is 1. The van der Waals surface area contributed by atoms with E-state index in [1.807, 2.05) is 30.3 Å². The largest absolute Gasteiger partial charge is 0.493 e. The van der Waals surface area contributed by atoms with Gasteiger partial charge in [-0.1, -0.05) is 30.3 Å². The quantitative estimate of drug-likeness (QED) is 0.876. The molecule has 1 unspecified atom stereocenters. The van der Waals surface area contributed by atoms with Crippen molar-refractivity contribution in [2.75, 3.05) is 6.61 Å².